The molecule has 12 rings (SSSR count). The van der Waals surface area contributed by atoms with Crippen molar-refractivity contribution in [2.45, 2.75) is 249 Å². The number of carbonyl (C=O) groups is 10. The zero-order valence-electron chi connectivity index (χ0n) is 76.1. The number of ether oxygens (including phenoxy) is 3. The maximum absolute atomic E-state index is 16.0. The van der Waals surface area contributed by atoms with Crippen LogP contribution in [0.15, 0.2) is 163 Å². The monoisotopic (exact) mass is 1780 g/mol. The minimum absolute atomic E-state index is 0.00643. The summed E-state index contributed by atoms with van der Waals surface area (Å²) < 4.78 is 50.9. The van der Waals surface area contributed by atoms with E-state index < -0.39 is 159 Å². The molecule has 2 aromatic heterocycles. The maximum atomic E-state index is 16.0. The standard InChI is InChI=1S/C97H124N16O15S/c1-57(2)46-74-85(115)103-73(36-26-43-99-94(98)110-129(124,125)84-61(7)60(6)83-71(62(84)8)52-96(12,13)128-83)93(123)113-45-42-81(113)91(121)102-59(5)48-82(114)112-44-27-37-80(112)92(122)108-78(51-68-54-111(56-101-68)97(65-28-18-15-19-29-65,66-30-20-16-21-31-66)67-32-22-17-23-33-67)89(119)107-77(50-64-53-100-72-35-25-24-34-70(64)72)88(118)109-79(55-127-95(9,10)11)90(120)106-76(49-63-38-40-69(126-14)41-39-63)87(117)105-75(47-58(3)4)86(116)104-74/h15-25,28-35,38-41,53-54,56-59,73-81,100H,26-27,36-37,42-52,55H2,1-14H3,(H,102,121)(H,103,115)(H,104,116)(H,105,117)(H,106,120)(H,107,119)(H,108,122)(H,109,118)(H3,98,99,110)/t59?,73-,74-,75+,76-,77-,78-,79-,80-,81-/m0/s1. The molecular weight excluding hydrogens is 1660 g/mol. The minimum atomic E-state index is -4.36. The first kappa shape index (κ1) is 95.7. The summed E-state index contributed by atoms with van der Waals surface area (Å²) in [6.07, 6.45) is 5.34. The van der Waals surface area contributed by atoms with Crippen LogP contribution in [0.5, 0.6) is 11.5 Å². The van der Waals surface area contributed by atoms with E-state index in [4.69, 9.17) is 24.6 Å². The average molecular weight is 1790 g/mol. The van der Waals surface area contributed by atoms with Crippen molar-refractivity contribution in [1.82, 2.24) is 76.9 Å². The first-order valence-electron chi connectivity index (χ1n) is 44.5. The summed E-state index contributed by atoms with van der Waals surface area (Å²) in [6, 6.07) is 30.3. The smallest absolute Gasteiger partial charge is 0.264 e. The Morgan fingerprint density at radius 3 is 1.67 bits per heavy atom. The van der Waals surface area contributed by atoms with Gasteiger partial charge in [0.1, 0.15) is 77.0 Å². The van der Waals surface area contributed by atoms with Gasteiger partial charge in [-0.15, -0.1) is 0 Å². The van der Waals surface area contributed by atoms with E-state index in [2.05, 4.69) is 57.6 Å². The molecule has 6 heterocycles. The van der Waals surface area contributed by atoms with Crippen LogP contribution in [0.25, 0.3) is 10.9 Å². The number of hydrogen-bond donors (Lipinski definition) is 12. The number of imidazole rings is 1. The normalized spacial score (nSPS) is 22.2. The molecule has 3 saturated heterocycles. The number of aromatic amines is 1. The number of guanidine groups is 1. The van der Waals surface area contributed by atoms with Gasteiger partial charge >= 0.3 is 0 Å². The summed E-state index contributed by atoms with van der Waals surface area (Å²) in [4.78, 5) is 165. The molecule has 31 nitrogen and oxygen atoms in total. The number of nitrogens with one attached hydrogen (secondary N) is 12. The number of carbonyl (C=O) groups excluding carboxylic acids is 10. The van der Waals surface area contributed by atoms with E-state index in [-0.39, 0.29) is 101 Å². The van der Waals surface area contributed by atoms with Gasteiger partial charge in [-0.25, -0.2) is 18.1 Å². The third-order valence-electron chi connectivity index (χ3n) is 24.3. The van der Waals surface area contributed by atoms with Crippen LogP contribution in [0.2, 0.25) is 0 Å². The topological polar surface area (TPSA) is 417 Å². The predicted octanol–water partition coefficient (Wildman–Crippen LogP) is 7.96. The molecule has 8 aromatic rings. The highest BCUT2D eigenvalue weighted by molar-refractivity contribution is 7.90. The van der Waals surface area contributed by atoms with Gasteiger partial charge in [-0.1, -0.05) is 149 Å². The Bertz CT molecular complexity index is 5430. The number of rotatable bonds is 23. The van der Waals surface area contributed by atoms with E-state index in [1.165, 1.54) is 16.9 Å². The molecule has 32 heteroatoms. The number of benzene rings is 6. The SMILES string of the molecule is COc1ccc(C[C@@H]2NC(=O)[C@H](COC(C)(C)C)NC(=O)[C@H](Cc3c[nH]c4ccccc34)NC(=O)[C@H](Cc3cn(C(c4ccccc4)(c4ccccc4)c4ccccc4)cn3)NC(=O)[C@@H]3CCCN3C(=O)CC(C)NC(=O)[C@@H]3CCN3C(=O)[C@H](CCCNC(=N)NS(=O)(=O)c3c(C)c(C)c4c(c3C)CC(C)(C)O4)NC(=O)[C@H](CC(C)C)NC(=O)[C@@H](CC(C)C)NC2=O)cc1. The molecule has 0 radical (unpaired) electrons. The number of hydrogen-bond acceptors (Lipinski definition) is 17. The van der Waals surface area contributed by atoms with Crippen molar-refractivity contribution in [1.29, 1.82) is 5.41 Å². The summed E-state index contributed by atoms with van der Waals surface area (Å²) in [5.74, 6) is -7.56. The van der Waals surface area contributed by atoms with Gasteiger partial charge in [0.05, 0.1) is 36.2 Å². The predicted molar refractivity (Wildman–Crippen MR) is 489 cm³/mol. The number of fused-ring (bicyclic) bond motifs is 4. The van der Waals surface area contributed by atoms with Gasteiger partial charge in [-0.2, -0.15) is 0 Å². The van der Waals surface area contributed by atoms with Gasteiger partial charge in [-0.05, 0) is 182 Å². The molecule has 10 amide bonds. The lowest BCUT2D eigenvalue weighted by molar-refractivity contribution is -0.150. The Morgan fingerprint density at radius 2 is 1.11 bits per heavy atom. The summed E-state index contributed by atoms with van der Waals surface area (Å²) in [6.45, 7) is 22.8. The molecule has 688 valence electrons. The molecule has 1 unspecified atom stereocenters. The highest BCUT2D eigenvalue weighted by Gasteiger charge is 2.46. The van der Waals surface area contributed by atoms with Crippen LogP contribution in [-0.2, 0) is 93.9 Å². The Labute approximate surface area is 754 Å². The third kappa shape index (κ3) is 23.2. The molecule has 6 aromatic carbocycles. The lowest BCUT2D eigenvalue weighted by Crippen LogP contribution is -2.64. The molecule has 4 aliphatic rings. The molecular formula is C97H124N16O15S. The Kier molecular flexibility index (Phi) is 30.6. The quantitative estimate of drug-likeness (QED) is 0.0125. The van der Waals surface area contributed by atoms with E-state index in [9.17, 15) is 18.0 Å². The fourth-order valence-corrected chi connectivity index (χ4v) is 19.2. The Hall–Kier alpha value is -12.4. The van der Waals surface area contributed by atoms with Crippen molar-refractivity contribution in [2.75, 3.05) is 33.4 Å². The van der Waals surface area contributed by atoms with E-state index in [0.717, 1.165) is 22.3 Å². The summed E-state index contributed by atoms with van der Waals surface area (Å²) >= 11 is 0. The van der Waals surface area contributed by atoms with Crippen LogP contribution in [0.1, 0.15) is 176 Å². The van der Waals surface area contributed by atoms with Crippen LogP contribution >= 0.6 is 0 Å². The second-order valence-electron chi connectivity index (χ2n) is 36.8. The summed E-state index contributed by atoms with van der Waals surface area (Å²) in [7, 11) is -2.87. The zero-order valence-corrected chi connectivity index (χ0v) is 76.9. The van der Waals surface area contributed by atoms with Crippen molar-refractivity contribution in [3.05, 3.63) is 214 Å². The Balaban J connectivity index is 0.897. The van der Waals surface area contributed by atoms with Crippen LogP contribution in [0.3, 0.4) is 0 Å². The van der Waals surface area contributed by atoms with E-state index in [1.807, 2.05) is 168 Å². The van der Waals surface area contributed by atoms with E-state index in [0.29, 0.717) is 68.8 Å². The second-order valence-corrected chi connectivity index (χ2v) is 38.4. The number of H-pyrrole nitrogens is 1. The van der Waals surface area contributed by atoms with Crippen molar-refractivity contribution >= 4 is 86.0 Å². The van der Waals surface area contributed by atoms with Gasteiger partial charge in [-0.3, -0.25) is 53.4 Å². The first-order chi connectivity index (χ1) is 61.3. The van der Waals surface area contributed by atoms with Gasteiger partial charge < -0.3 is 81.4 Å². The number of para-hydroxylation sites is 1. The second kappa shape index (κ2) is 41.3. The van der Waals surface area contributed by atoms with Gasteiger partial charge in [0.15, 0.2) is 0 Å². The molecule has 12 N–H and O–H groups in total. The van der Waals surface area contributed by atoms with Crippen molar-refractivity contribution in [3.63, 3.8) is 0 Å². The highest BCUT2D eigenvalue weighted by atomic mass is 32.2. The van der Waals surface area contributed by atoms with Crippen LogP contribution < -0.4 is 62.0 Å². The summed E-state index contributed by atoms with van der Waals surface area (Å²) in [5.41, 5.74) is 4.59. The van der Waals surface area contributed by atoms with E-state index >= 15 is 38.4 Å². The molecule has 129 heavy (non-hydrogen) atoms. The molecule has 3 fully saturated rings. The number of aromatic nitrogens is 3. The van der Waals surface area contributed by atoms with Crippen molar-refractivity contribution < 1.29 is 70.6 Å². The van der Waals surface area contributed by atoms with Gasteiger partial charge in [0.2, 0.25) is 65.0 Å². The lowest BCUT2D eigenvalue weighted by atomic mass is 9.77. The molecule has 0 bridgehead atoms. The summed E-state index contributed by atoms with van der Waals surface area (Å²) in [5, 5.41) is 35.7. The molecule has 0 aliphatic carbocycles. The molecule has 4 aliphatic heterocycles. The van der Waals surface area contributed by atoms with Crippen molar-refractivity contribution in [3.8, 4) is 11.5 Å². The van der Waals surface area contributed by atoms with Crippen molar-refractivity contribution in [2.24, 2.45) is 11.8 Å². The van der Waals surface area contributed by atoms with Gasteiger partial charge in [0.25, 0.3) is 10.0 Å². The lowest BCUT2D eigenvalue weighted by Gasteiger charge is -2.42. The first-order valence-corrected chi connectivity index (χ1v) is 46.0. The molecule has 10 atom stereocenters. The van der Waals surface area contributed by atoms with Crippen LogP contribution in [0.4, 0.5) is 0 Å². The molecule has 0 saturated carbocycles. The average Bonchev–Trinajstić information content (AvgIpc) is 1.72. The maximum Gasteiger partial charge on any atom is 0.264 e. The largest absolute Gasteiger partial charge is 0.497 e. The Morgan fingerprint density at radius 1 is 0.597 bits per heavy atom. The number of sulfonamides is 1. The third-order valence-corrected chi connectivity index (χ3v) is 26.0. The number of amides is 10. The fraction of sp³-hybridized carbons (Fsp3) is 0.464. The highest BCUT2D eigenvalue weighted by Crippen LogP contribution is 2.45. The minimum Gasteiger partial charge on any atom is -0.497 e. The number of nitrogens with zero attached hydrogens (tertiary/aromatic N) is 4. The zero-order chi connectivity index (χ0) is 93.0. The number of methoxy groups -OCH3 is 1. The fourth-order valence-electron chi connectivity index (χ4n) is 17.7. The van der Waals surface area contributed by atoms with Crippen LogP contribution in [-0.4, -0.2) is 203 Å². The van der Waals surface area contributed by atoms with E-state index in [1.54, 1.807) is 85.3 Å². The molecule has 0 spiro atoms. The van der Waals surface area contributed by atoms with Crippen LogP contribution in [0, 0.1) is 38.0 Å². The van der Waals surface area contributed by atoms with Gasteiger partial charge in [0, 0.05) is 86.6 Å².